The molecule has 2 aromatic carbocycles. The van der Waals surface area contributed by atoms with Crippen LogP contribution >= 0.6 is 11.6 Å². The number of likely N-dealkylation sites (tertiary alicyclic amines) is 1. The number of benzene rings is 2. The number of para-hydroxylation sites is 1. The average Bonchev–Trinajstić information content (AvgIpc) is 3.34. The number of carbonyl (C=O) groups is 4. The van der Waals surface area contributed by atoms with E-state index in [1.54, 1.807) is 48.5 Å². The molecule has 4 atom stereocenters. The number of anilines is 1. The molecule has 4 unspecified atom stereocenters. The number of fused-ring (bicyclic) bond motifs is 4. The van der Waals surface area contributed by atoms with Crippen molar-refractivity contribution in [2.75, 3.05) is 5.32 Å². The minimum absolute atomic E-state index is 0.00463. The lowest BCUT2D eigenvalue weighted by Gasteiger charge is -2.29. The maximum absolute atomic E-state index is 13.6. The third-order valence-corrected chi connectivity index (χ3v) is 7.04. The Balaban J connectivity index is 1.58. The van der Waals surface area contributed by atoms with Crippen LogP contribution in [0.25, 0.3) is 0 Å². The number of imide groups is 1. The molecule has 2 aromatic rings. The normalized spacial score (nSPS) is 28.2. The number of halogens is 1. The molecular weight excluding hydrogens is 434 g/mol. The zero-order valence-electron chi connectivity index (χ0n) is 16.9. The molecule has 0 aromatic heterocycles. The van der Waals surface area contributed by atoms with Gasteiger partial charge in [0.15, 0.2) is 0 Å². The van der Waals surface area contributed by atoms with E-state index in [4.69, 9.17) is 11.6 Å². The number of carbonyl (C=O) groups excluding carboxylic acids is 3. The molecule has 3 aliphatic heterocycles. The molecule has 2 saturated heterocycles. The maximum atomic E-state index is 13.6. The van der Waals surface area contributed by atoms with E-state index in [1.165, 1.54) is 0 Å². The molecule has 0 saturated carbocycles. The molecule has 164 valence electrons. The zero-order valence-corrected chi connectivity index (χ0v) is 17.6. The smallest absolute Gasteiger partial charge is 0.303 e. The van der Waals surface area contributed by atoms with E-state index in [9.17, 15) is 24.3 Å². The molecule has 0 aliphatic carbocycles. The minimum atomic E-state index is -1.42. The lowest BCUT2D eigenvalue weighted by molar-refractivity contribution is -0.144. The standard InChI is InChI=1S/C23H20ClN3O5/c24-14-7-3-1-5-12(14)11-27-20(30)18-16(9-10-17(28)29)26-23(19(18)21(27)31)13-6-2-4-8-15(13)25-22(23)32/h1-8,16,18-19,26H,9-11H2,(H,25,32)(H,28,29). The van der Waals surface area contributed by atoms with Crippen molar-refractivity contribution in [2.24, 2.45) is 11.8 Å². The number of carboxylic acids is 1. The van der Waals surface area contributed by atoms with Crippen molar-refractivity contribution >= 4 is 41.0 Å². The first kappa shape index (κ1) is 20.7. The quantitative estimate of drug-likeness (QED) is 0.597. The fraction of sp³-hybridized carbons (Fsp3) is 0.304. The number of hydrogen-bond donors (Lipinski definition) is 3. The van der Waals surface area contributed by atoms with Crippen LogP contribution in [0.1, 0.15) is 24.0 Å². The summed E-state index contributed by atoms with van der Waals surface area (Å²) in [4.78, 5) is 52.8. The number of aliphatic carboxylic acids is 1. The zero-order chi connectivity index (χ0) is 22.6. The van der Waals surface area contributed by atoms with Gasteiger partial charge in [-0.3, -0.25) is 29.4 Å². The maximum Gasteiger partial charge on any atom is 0.303 e. The highest BCUT2D eigenvalue weighted by molar-refractivity contribution is 6.31. The Bertz CT molecular complexity index is 1170. The SMILES string of the molecule is O=C(O)CCC1NC2(C(=O)Nc3ccccc32)C2C(=O)N(Cc3ccccc3Cl)C(=O)C12. The van der Waals surface area contributed by atoms with E-state index in [1.807, 2.05) is 0 Å². The van der Waals surface area contributed by atoms with Crippen LogP contribution < -0.4 is 10.6 Å². The van der Waals surface area contributed by atoms with E-state index in [0.717, 1.165) is 4.90 Å². The van der Waals surface area contributed by atoms with Crippen molar-refractivity contribution in [3.05, 3.63) is 64.7 Å². The second-order valence-electron chi connectivity index (χ2n) is 8.35. The number of amides is 3. The molecule has 3 N–H and O–H groups in total. The first-order valence-electron chi connectivity index (χ1n) is 10.3. The van der Waals surface area contributed by atoms with Crippen LogP contribution in [-0.4, -0.2) is 39.7 Å². The van der Waals surface area contributed by atoms with Gasteiger partial charge in [-0.15, -0.1) is 0 Å². The summed E-state index contributed by atoms with van der Waals surface area (Å²) in [5.41, 5.74) is 0.370. The molecule has 1 spiro atoms. The second-order valence-corrected chi connectivity index (χ2v) is 8.76. The molecule has 3 amide bonds. The van der Waals surface area contributed by atoms with Gasteiger partial charge in [0.05, 0.1) is 18.4 Å². The van der Waals surface area contributed by atoms with E-state index in [0.29, 0.717) is 21.8 Å². The fourth-order valence-corrected chi connectivity index (χ4v) is 5.49. The first-order valence-corrected chi connectivity index (χ1v) is 10.7. The lowest BCUT2D eigenvalue weighted by Crippen LogP contribution is -2.53. The van der Waals surface area contributed by atoms with Gasteiger partial charge in [0.1, 0.15) is 5.54 Å². The Kier molecular flexibility index (Phi) is 4.79. The van der Waals surface area contributed by atoms with Crippen LogP contribution in [0, 0.1) is 11.8 Å². The van der Waals surface area contributed by atoms with Gasteiger partial charge in [0.25, 0.3) is 0 Å². The molecule has 0 bridgehead atoms. The number of carboxylic acid groups (broad SMARTS) is 1. The minimum Gasteiger partial charge on any atom is -0.481 e. The molecule has 5 rings (SSSR count). The predicted molar refractivity (Wildman–Crippen MR) is 115 cm³/mol. The summed E-state index contributed by atoms with van der Waals surface area (Å²) in [6, 6.07) is 13.4. The van der Waals surface area contributed by atoms with Gasteiger partial charge < -0.3 is 10.4 Å². The van der Waals surface area contributed by atoms with Gasteiger partial charge in [-0.05, 0) is 24.1 Å². The number of nitrogens with zero attached hydrogens (tertiary/aromatic N) is 1. The molecule has 9 heteroatoms. The van der Waals surface area contributed by atoms with Gasteiger partial charge in [0, 0.05) is 28.7 Å². The van der Waals surface area contributed by atoms with Crippen LogP contribution in [0.3, 0.4) is 0 Å². The summed E-state index contributed by atoms with van der Waals surface area (Å²) < 4.78 is 0. The topological polar surface area (TPSA) is 116 Å². The van der Waals surface area contributed by atoms with Gasteiger partial charge in [-0.1, -0.05) is 48.0 Å². The van der Waals surface area contributed by atoms with Crippen LogP contribution in [0.4, 0.5) is 5.69 Å². The fourth-order valence-electron chi connectivity index (χ4n) is 5.30. The second kappa shape index (κ2) is 7.43. The van der Waals surface area contributed by atoms with Gasteiger partial charge in [-0.2, -0.15) is 0 Å². The van der Waals surface area contributed by atoms with Crippen LogP contribution in [0.5, 0.6) is 0 Å². The van der Waals surface area contributed by atoms with E-state index in [-0.39, 0.29) is 19.4 Å². The number of rotatable bonds is 5. The predicted octanol–water partition coefficient (Wildman–Crippen LogP) is 2.13. The van der Waals surface area contributed by atoms with E-state index < -0.39 is 47.1 Å². The van der Waals surface area contributed by atoms with Crippen LogP contribution in [-0.2, 0) is 31.3 Å². The van der Waals surface area contributed by atoms with E-state index >= 15 is 0 Å². The molecule has 3 heterocycles. The highest BCUT2D eigenvalue weighted by atomic mass is 35.5. The van der Waals surface area contributed by atoms with Crippen LogP contribution in [0.2, 0.25) is 5.02 Å². The lowest BCUT2D eigenvalue weighted by atomic mass is 9.76. The van der Waals surface area contributed by atoms with Crippen molar-refractivity contribution in [3.63, 3.8) is 0 Å². The van der Waals surface area contributed by atoms with Crippen molar-refractivity contribution < 1.29 is 24.3 Å². The number of nitrogens with one attached hydrogen (secondary N) is 2. The Labute approximate surface area is 188 Å². The third kappa shape index (κ3) is 2.87. The molecule has 32 heavy (non-hydrogen) atoms. The third-order valence-electron chi connectivity index (χ3n) is 6.67. The summed E-state index contributed by atoms with van der Waals surface area (Å²) in [6.45, 7) is -0.00463. The molecule has 0 radical (unpaired) electrons. The van der Waals surface area contributed by atoms with Crippen molar-refractivity contribution in [2.45, 2.75) is 31.0 Å². The Morgan fingerprint density at radius 2 is 1.78 bits per heavy atom. The van der Waals surface area contributed by atoms with Crippen molar-refractivity contribution in [1.29, 1.82) is 0 Å². The summed E-state index contributed by atoms with van der Waals surface area (Å²) in [7, 11) is 0. The summed E-state index contributed by atoms with van der Waals surface area (Å²) >= 11 is 6.25. The molecule has 2 fully saturated rings. The van der Waals surface area contributed by atoms with Gasteiger partial charge >= 0.3 is 5.97 Å². The highest BCUT2D eigenvalue weighted by Gasteiger charge is 2.70. The summed E-state index contributed by atoms with van der Waals surface area (Å²) in [5.74, 6) is -4.12. The van der Waals surface area contributed by atoms with Gasteiger partial charge in [0.2, 0.25) is 17.7 Å². The molecule has 3 aliphatic rings. The Morgan fingerprint density at radius 1 is 1.06 bits per heavy atom. The Morgan fingerprint density at radius 3 is 2.53 bits per heavy atom. The van der Waals surface area contributed by atoms with Crippen molar-refractivity contribution in [3.8, 4) is 0 Å². The van der Waals surface area contributed by atoms with Gasteiger partial charge in [-0.25, -0.2) is 0 Å². The summed E-state index contributed by atoms with van der Waals surface area (Å²) in [5, 5.41) is 15.7. The monoisotopic (exact) mass is 453 g/mol. The largest absolute Gasteiger partial charge is 0.481 e. The molecular formula is C23H20ClN3O5. The average molecular weight is 454 g/mol. The first-order chi connectivity index (χ1) is 15.3. The summed E-state index contributed by atoms with van der Waals surface area (Å²) in [6.07, 6.45) is -0.0706. The van der Waals surface area contributed by atoms with Crippen LogP contribution in [0.15, 0.2) is 48.5 Å². The highest BCUT2D eigenvalue weighted by Crippen LogP contribution is 2.53. The van der Waals surface area contributed by atoms with E-state index in [2.05, 4.69) is 10.6 Å². The Hall–Kier alpha value is -3.23. The molecule has 8 nitrogen and oxygen atoms in total. The van der Waals surface area contributed by atoms with Crippen molar-refractivity contribution in [1.82, 2.24) is 10.2 Å². The number of hydrogen-bond acceptors (Lipinski definition) is 5.